The predicted molar refractivity (Wildman–Crippen MR) is 251 cm³/mol. The Morgan fingerprint density at radius 1 is 0.500 bits per heavy atom. The summed E-state index contributed by atoms with van der Waals surface area (Å²) in [6.07, 6.45) is -4.97. The van der Waals surface area contributed by atoms with Gasteiger partial charge in [-0.05, 0) is 87.8 Å². The summed E-state index contributed by atoms with van der Waals surface area (Å²) < 4.78 is 63.3. The summed E-state index contributed by atoms with van der Waals surface area (Å²) >= 11 is 0. The fourth-order valence-corrected chi connectivity index (χ4v) is 8.17. The molecule has 16 heteroatoms. The molecule has 13 nitrogen and oxygen atoms in total. The van der Waals surface area contributed by atoms with Crippen LogP contribution in [-0.4, -0.2) is 94.4 Å². The second-order valence-corrected chi connectivity index (χ2v) is 17.6. The highest BCUT2D eigenvalue weighted by molar-refractivity contribution is 6.01. The van der Waals surface area contributed by atoms with Crippen LogP contribution in [0.4, 0.5) is 13.2 Å². The number of ether oxygens (including phenoxy) is 4. The van der Waals surface area contributed by atoms with E-state index in [1.54, 1.807) is 38.1 Å². The topological polar surface area (TPSA) is 219 Å². The number of nitrogens with two attached hydrogens (primary N) is 3. The molecule has 0 spiro atoms. The van der Waals surface area contributed by atoms with Crippen molar-refractivity contribution in [3.05, 3.63) is 179 Å². The van der Waals surface area contributed by atoms with Crippen molar-refractivity contribution in [3.63, 3.8) is 0 Å². The average Bonchev–Trinajstić information content (AvgIpc) is 3.82. The van der Waals surface area contributed by atoms with Gasteiger partial charge in [-0.2, -0.15) is 13.2 Å². The highest BCUT2D eigenvalue weighted by Crippen LogP contribution is 2.35. The Hall–Kier alpha value is -5.98. The second kappa shape index (κ2) is 23.8. The van der Waals surface area contributed by atoms with E-state index in [0.717, 1.165) is 24.0 Å². The molecule has 9 N–H and O–H groups in total. The van der Waals surface area contributed by atoms with Crippen LogP contribution < -0.4 is 22.5 Å². The zero-order valence-electron chi connectivity index (χ0n) is 38.4. The largest absolute Gasteiger partial charge is 0.478 e. The number of halogens is 3. The lowest BCUT2D eigenvalue weighted by Crippen LogP contribution is -2.56. The number of carbonyl (C=O) groups excluding carboxylic acids is 1. The second-order valence-electron chi connectivity index (χ2n) is 17.6. The maximum absolute atomic E-state index is 13.0. The molecule has 2 fully saturated rings. The van der Waals surface area contributed by atoms with Crippen molar-refractivity contribution in [2.24, 2.45) is 17.2 Å². The van der Waals surface area contributed by atoms with E-state index in [4.69, 9.17) is 46.4 Å². The third-order valence-corrected chi connectivity index (χ3v) is 11.2. The molecular formula is C52H61F3N4O9. The summed E-state index contributed by atoms with van der Waals surface area (Å²) in [7, 11) is 0. The SMILES string of the molecule is CC1(C)OC([C@H](N)Cc2ccccc2)C([C@@H](Cc2ccccc2)NC(=O)C(F)(F)F)O1.CC1(C)O[C@@H]([C@H](N)Cc2ccccc2)[C@H]([C@H](N)Cc2ccccc2)O1.O=C(O)c1ccccc1C(=O)O. The quantitative estimate of drug-likeness (QED) is 0.0620. The third-order valence-electron chi connectivity index (χ3n) is 11.2. The minimum atomic E-state index is -5.01. The maximum atomic E-state index is 13.0. The van der Waals surface area contributed by atoms with Crippen LogP contribution in [0, 0.1) is 0 Å². The van der Waals surface area contributed by atoms with Gasteiger partial charge < -0.3 is 51.7 Å². The normalized spacial score (nSPS) is 21.1. The summed E-state index contributed by atoms with van der Waals surface area (Å²) in [5.41, 5.74) is 23.2. The molecule has 1 amide bonds. The first kappa shape index (κ1) is 53.0. The fraction of sp³-hybridized carbons (Fsp3) is 0.365. The van der Waals surface area contributed by atoms with Gasteiger partial charge in [0.15, 0.2) is 11.6 Å². The number of hydrogen-bond donors (Lipinski definition) is 6. The molecule has 0 saturated carbocycles. The van der Waals surface area contributed by atoms with E-state index in [2.05, 4.69) is 29.6 Å². The lowest BCUT2D eigenvalue weighted by molar-refractivity contribution is -0.176. The number of hydrogen-bond acceptors (Lipinski definition) is 10. The smallest absolute Gasteiger partial charge is 0.471 e. The Bertz CT molecular complexity index is 2270. The van der Waals surface area contributed by atoms with E-state index in [1.807, 2.05) is 86.6 Å². The Kier molecular flexibility index (Phi) is 18.6. The van der Waals surface area contributed by atoms with Crippen LogP contribution in [-0.2, 0) is 49.4 Å². The van der Waals surface area contributed by atoms with Crippen molar-refractivity contribution >= 4 is 17.8 Å². The molecule has 364 valence electrons. The minimum Gasteiger partial charge on any atom is -0.478 e. The molecule has 2 aliphatic rings. The highest BCUT2D eigenvalue weighted by atomic mass is 19.4. The van der Waals surface area contributed by atoms with Crippen molar-refractivity contribution in [2.75, 3.05) is 0 Å². The number of alkyl halides is 3. The van der Waals surface area contributed by atoms with E-state index in [1.165, 1.54) is 35.4 Å². The van der Waals surface area contributed by atoms with Gasteiger partial charge >= 0.3 is 24.0 Å². The zero-order valence-corrected chi connectivity index (χ0v) is 38.4. The molecule has 68 heavy (non-hydrogen) atoms. The van der Waals surface area contributed by atoms with Gasteiger partial charge in [0.1, 0.15) is 24.4 Å². The van der Waals surface area contributed by atoms with E-state index >= 15 is 0 Å². The lowest BCUT2D eigenvalue weighted by Gasteiger charge is -2.30. The Morgan fingerprint density at radius 3 is 1.06 bits per heavy atom. The van der Waals surface area contributed by atoms with E-state index in [9.17, 15) is 27.6 Å². The van der Waals surface area contributed by atoms with Gasteiger partial charge in [-0.25, -0.2) is 9.59 Å². The monoisotopic (exact) mass is 942 g/mol. The molecule has 8 atom stereocenters. The van der Waals surface area contributed by atoms with Crippen LogP contribution in [0.3, 0.4) is 0 Å². The molecule has 7 rings (SSSR count). The van der Waals surface area contributed by atoms with Crippen LogP contribution in [0.2, 0.25) is 0 Å². The number of aromatic carboxylic acids is 2. The van der Waals surface area contributed by atoms with Gasteiger partial charge in [-0.15, -0.1) is 0 Å². The number of carbonyl (C=O) groups is 3. The molecule has 0 bridgehead atoms. The van der Waals surface area contributed by atoms with Crippen LogP contribution in [0.1, 0.15) is 70.7 Å². The number of benzene rings is 5. The minimum absolute atomic E-state index is 0.140. The van der Waals surface area contributed by atoms with Crippen molar-refractivity contribution in [2.45, 2.75) is 120 Å². The maximum Gasteiger partial charge on any atom is 0.471 e. The van der Waals surface area contributed by atoms with E-state index < -0.39 is 59.9 Å². The molecule has 2 heterocycles. The van der Waals surface area contributed by atoms with Crippen LogP contribution in [0.5, 0.6) is 0 Å². The summed E-state index contributed by atoms with van der Waals surface area (Å²) in [5.74, 6) is -6.20. The van der Waals surface area contributed by atoms with Gasteiger partial charge in [0.05, 0.1) is 17.2 Å². The van der Waals surface area contributed by atoms with Crippen molar-refractivity contribution < 1.29 is 56.7 Å². The summed E-state index contributed by atoms with van der Waals surface area (Å²) in [6, 6.07) is 42.5. The Labute approximate surface area is 394 Å². The summed E-state index contributed by atoms with van der Waals surface area (Å²) in [4.78, 5) is 32.7. The van der Waals surface area contributed by atoms with Crippen LogP contribution >= 0.6 is 0 Å². The summed E-state index contributed by atoms with van der Waals surface area (Å²) in [5, 5.41) is 19.2. The van der Waals surface area contributed by atoms with Crippen LogP contribution in [0.15, 0.2) is 146 Å². The number of carboxylic acid groups (broad SMARTS) is 2. The standard InChI is InChI=1S/C23H27F3N2O3.C21H28N2O2.C8H6O4/c1-22(2)30-19(17(27)13-15-9-5-3-6-10-15)20(31-22)18(28-21(29)23(24,25)26)14-16-11-7-4-8-12-16;1-21(2)24-19(17(22)13-15-9-5-3-6-10-15)20(25-21)18(23)14-16-11-7-4-8-12-16;9-7(10)5-3-1-2-4-6(5)8(11)12/h3-12,17-20H,13-14,27H2,1-2H3,(H,28,29);3-12,17-20H,13-14,22-23H2,1-2H3;1-4H,(H,9,10)(H,11,12)/t17-,18-,19?,20?;17-,18-,19+,20+;/m11./s1. The van der Waals surface area contributed by atoms with Gasteiger partial charge in [-0.3, -0.25) is 4.79 Å². The Morgan fingerprint density at radius 2 is 0.765 bits per heavy atom. The molecule has 5 aromatic rings. The first-order valence-electron chi connectivity index (χ1n) is 22.2. The number of amides is 1. The molecule has 0 radical (unpaired) electrons. The third kappa shape index (κ3) is 15.8. The fourth-order valence-electron chi connectivity index (χ4n) is 8.17. The molecule has 2 aliphatic heterocycles. The zero-order chi connectivity index (χ0) is 49.6. The Balaban J connectivity index is 0.000000208. The van der Waals surface area contributed by atoms with Gasteiger partial charge in [0.2, 0.25) is 0 Å². The molecule has 2 saturated heterocycles. The van der Waals surface area contributed by atoms with E-state index in [0.29, 0.717) is 6.42 Å². The number of nitrogens with one attached hydrogen (secondary N) is 1. The highest BCUT2D eigenvalue weighted by Gasteiger charge is 2.50. The van der Waals surface area contributed by atoms with Crippen molar-refractivity contribution in [1.82, 2.24) is 5.32 Å². The molecule has 2 unspecified atom stereocenters. The molecule has 5 aromatic carbocycles. The average molecular weight is 943 g/mol. The first-order valence-corrected chi connectivity index (χ1v) is 22.2. The molecular weight excluding hydrogens is 882 g/mol. The lowest BCUT2D eigenvalue weighted by atomic mass is 9.91. The number of carboxylic acids is 2. The predicted octanol–water partition coefficient (Wildman–Crippen LogP) is 7.10. The van der Waals surface area contributed by atoms with Crippen molar-refractivity contribution in [1.29, 1.82) is 0 Å². The number of rotatable bonds is 15. The van der Waals surface area contributed by atoms with Gasteiger partial charge in [0.25, 0.3) is 0 Å². The van der Waals surface area contributed by atoms with Gasteiger partial charge in [-0.1, -0.05) is 133 Å². The summed E-state index contributed by atoms with van der Waals surface area (Å²) in [6.45, 7) is 7.20. The molecule has 0 aliphatic carbocycles. The van der Waals surface area contributed by atoms with E-state index in [-0.39, 0.29) is 41.8 Å². The first-order chi connectivity index (χ1) is 32.1. The molecule has 0 aromatic heterocycles. The van der Waals surface area contributed by atoms with Crippen molar-refractivity contribution in [3.8, 4) is 0 Å². The van der Waals surface area contributed by atoms with Crippen LogP contribution in [0.25, 0.3) is 0 Å². The van der Waals surface area contributed by atoms with Gasteiger partial charge in [0, 0.05) is 18.1 Å².